The van der Waals surface area contributed by atoms with Gasteiger partial charge in [0.1, 0.15) is 10.8 Å². The van der Waals surface area contributed by atoms with E-state index in [2.05, 4.69) is 26.1 Å². The molecule has 3 N–H and O–H groups in total. The number of benzene rings is 1. The van der Waals surface area contributed by atoms with Crippen LogP contribution >= 0.6 is 11.3 Å². The van der Waals surface area contributed by atoms with Crippen molar-refractivity contribution in [3.63, 3.8) is 0 Å². The SMILES string of the molecule is CCC(C)(C)C1CCc2c(sc(NC(=O)c3ccc(OC)cc3)c2C(N)=O)C1. The molecule has 1 unspecified atom stereocenters. The number of nitrogens with two attached hydrogens (primary N) is 1. The highest BCUT2D eigenvalue weighted by Crippen LogP contribution is 2.45. The number of carbonyl (C=O) groups is 2. The zero-order valence-electron chi connectivity index (χ0n) is 16.9. The lowest BCUT2D eigenvalue weighted by molar-refractivity contribution is 0.0999. The Labute approximate surface area is 170 Å². The molecule has 5 nitrogen and oxygen atoms in total. The minimum atomic E-state index is -0.476. The molecule has 0 bridgehead atoms. The topological polar surface area (TPSA) is 81.4 Å². The number of fused-ring (bicyclic) bond motifs is 1. The smallest absolute Gasteiger partial charge is 0.256 e. The van der Waals surface area contributed by atoms with E-state index in [0.717, 1.165) is 31.2 Å². The molecular formula is C22H28N2O3S. The first-order chi connectivity index (χ1) is 13.3. The molecule has 0 radical (unpaired) electrons. The standard InChI is InChI=1S/C22H28N2O3S/c1-5-22(2,3)14-8-11-16-17(12-14)28-21(18(16)19(23)25)24-20(26)13-6-9-15(27-4)10-7-13/h6-7,9-10,14H,5,8,11-12H2,1-4H3,(H2,23,25)(H,24,26). The van der Waals surface area contributed by atoms with Gasteiger partial charge in [-0.05, 0) is 60.4 Å². The third-order valence-corrected chi connectivity index (χ3v) is 7.28. The van der Waals surface area contributed by atoms with Gasteiger partial charge in [0.2, 0.25) is 0 Å². The van der Waals surface area contributed by atoms with Crippen molar-refractivity contribution in [1.82, 2.24) is 0 Å². The monoisotopic (exact) mass is 400 g/mol. The number of methoxy groups -OCH3 is 1. The van der Waals surface area contributed by atoms with Gasteiger partial charge in [-0.2, -0.15) is 0 Å². The number of hydrogen-bond donors (Lipinski definition) is 2. The molecule has 0 spiro atoms. The number of carbonyl (C=O) groups excluding carboxylic acids is 2. The van der Waals surface area contributed by atoms with Crippen LogP contribution in [-0.4, -0.2) is 18.9 Å². The largest absolute Gasteiger partial charge is 0.497 e. The summed E-state index contributed by atoms with van der Waals surface area (Å²) in [5.41, 5.74) is 7.94. The minimum Gasteiger partial charge on any atom is -0.497 e. The highest BCUT2D eigenvalue weighted by Gasteiger charge is 2.35. The molecule has 150 valence electrons. The molecule has 0 aliphatic heterocycles. The fraction of sp³-hybridized carbons (Fsp3) is 0.455. The summed E-state index contributed by atoms with van der Waals surface area (Å²) < 4.78 is 5.13. The van der Waals surface area contributed by atoms with Crippen LogP contribution in [0.2, 0.25) is 0 Å². The first-order valence-corrected chi connectivity index (χ1v) is 10.5. The van der Waals surface area contributed by atoms with Crippen molar-refractivity contribution in [2.24, 2.45) is 17.1 Å². The van der Waals surface area contributed by atoms with Gasteiger partial charge in [0.05, 0.1) is 12.7 Å². The summed E-state index contributed by atoms with van der Waals surface area (Å²) in [4.78, 5) is 26.0. The molecule has 1 aliphatic rings. The van der Waals surface area contributed by atoms with E-state index < -0.39 is 5.91 Å². The molecule has 3 rings (SSSR count). The molecule has 1 heterocycles. The van der Waals surface area contributed by atoms with E-state index in [1.54, 1.807) is 31.4 Å². The summed E-state index contributed by atoms with van der Waals surface area (Å²) in [5.74, 6) is 0.519. The van der Waals surface area contributed by atoms with Crippen LogP contribution in [0, 0.1) is 11.3 Å². The third-order valence-electron chi connectivity index (χ3n) is 6.11. The van der Waals surface area contributed by atoms with E-state index in [1.807, 2.05) is 0 Å². The number of anilines is 1. The molecule has 1 aromatic heterocycles. The highest BCUT2D eigenvalue weighted by atomic mass is 32.1. The van der Waals surface area contributed by atoms with Crippen LogP contribution < -0.4 is 15.8 Å². The molecule has 0 saturated carbocycles. The Morgan fingerprint density at radius 2 is 1.96 bits per heavy atom. The van der Waals surface area contributed by atoms with Gasteiger partial charge in [0, 0.05) is 10.4 Å². The Bertz CT molecular complexity index is 884. The molecule has 1 aliphatic carbocycles. The van der Waals surface area contributed by atoms with Crippen molar-refractivity contribution in [1.29, 1.82) is 0 Å². The van der Waals surface area contributed by atoms with Gasteiger partial charge in [-0.1, -0.05) is 27.2 Å². The average Bonchev–Trinajstić information content (AvgIpc) is 3.05. The fourth-order valence-corrected chi connectivity index (χ4v) is 5.14. The van der Waals surface area contributed by atoms with E-state index in [0.29, 0.717) is 27.8 Å². The quantitative estimate of drug-likeness (QED) is 0.740. The second kappa shape index (κ2) is 7.95. The lowest BCUT2D eigenvalue weighted by atomic mass is 9.69. The fourth-order valence-electron chi connectivity index (χ4n) is 3.81. The van der Waals surface area contributed by atoms with Crippen LogP contribution in [0.1, 0.15) is 64.8 Å². The Morgan fingerprint density at radius 1 is 1.29 bits per heavy atom. The summed E-state index contributed by atoms with van der Waals surface area (Å²) in [6, 6.07) is 6.87. The van der Waals surface area contributed by atoms with E-state index >= 15 is 0 Å². The van der Waals surface area contributed by atoms with Gasteiger partial charge < -0.3 is 15.8 Å². The molecule has 0 fully saturated rings. The predicted octanol–water partition coefficient (Wildman–Crippen LogP) is 4.65. The predicted molar refractivity (Wildman–Crippen MR) is 113 cm³/mol. The zero-order valence-corrected chi connectivity index (χ0v) is 17.7. The van der Waals surface area contributed by atoms with Gasteiger partial charge in [0.15, 0.2) is 0 Å². The van der Waals surface area contributed by atoms with Crippen molar-refractivity contribution in [3.05, 3.63) is 45.8 Å². The molecular weight excluding hydrogens is 372 g/mol. The van der Waals surface area contributed by atoms with Crippen LogP contribution in [0.5, 0.6) is 5.75 Å². The maximum absolute atomic E-state index is 12.7. The number of amides is 2. The van der Waals surface area contributed by atoms with Gasteiger partial charge >= 0.3 is 0 Å². The van der Waals surface area contributed by atoms with Crippen molar-refractivity contribution >= 4 is 28.2 Å². The molecule has 2 aromatic rings. The molecule has 28 heavy (non-hydrogen) atoms. The van der Waals surface area contributed by atoms with Gasteiger partial charge in [-0.3, -0.25) is 9.59 Å². The van der Waals surface area contributed by atoms with Crippen LogP contribution in [0.15, 0.2) is 24.3 Å². The Kier molecular flexibility index (Phi) is 5.79. The summed E-state index contributed by atoms with van der Waals surface area (Å²) in [6.45, 7) is 6.83. The molecule has 0 saturated heterocycles. The van der Waals surface area contributed by atoms with Crippen LogP contribution in [0.4, 0.5) is 5.00 Å². The zero-order chi connectivity index (χ0) is 20.5. The maximum Gasteiger partial charge on any atom is 0.256 e. The normalized spacial score (nSPS) is 16.4. The van der Waals surface area contributed by atoms with Gasteiger partial charge in [0.25, 0.3) is 11.8 Å². The summed E-state index contributed by atoms with van der Waals surface area (Å²) in [7, 11) is 1.58. The molecule has 1 aromatic carbocycles. The van der Waals surface area contributed by atoms with E-state index in [1.165, 1.54) is 16.2 Å². The summed E-state index contributed by atoms with van der Waals surface area (Å²) >= 11 is 1.49. The highest BCUT2D eigenvalue weighted by molar-refractivity contribution is 7.17. The van der Waals surface area contributed by atoms with Gasteiger partial charge in [-0.15, -0.1) is 11.3 Å². The number of nitrogens with one attached hydrogen (secondary N) is 1. The van der Waals surface area contributed by atoms with Crippen LogP contribution in [-0.2, 0) is 12.8 Å². The van der Waals surface area contributed by atoms with Crippen molar-refractivity contribution in [2.45, 2.75) is 46.5 Å². The minimum absolute atomic E-state index is 0.251. The Morgan fingerprint density at radius 3 is 2.54 bits per heavy atom. The van der Waals surface area contributed by atoms with Crippen molar-refractivity contribution in [2.75, 3.05) is 12.4 Å². The van der Waals surface area contributed by atoms with Crippen LogP contribution in [0.3, 0.4) is 0 Å². The second-order valence-corrected chi connectivity index (χ2v) is 9.14. The first kappa shape index (κ1) is 20.4. The maximum atomic E-state index is 12.7. The first-order valence-electron chi connectivity index (χ1n) is 9.66. The average molecular weight is 401 g/mol. The lowest BCUT2D eigenvalue weighted by Crippen LogP contribution is -2.29. The van der Waals surface area contributed by atoms with E-state index in [4.69, 9.17) is 10.5 Å². The molecule has 1 atom stereocenters. The second-order valence-electron chi connectivity index (χ2n) is 8.04. The Hall–Kier alpha value is -2.34. The number of hydrogen-bond acceptors (Lipinski definition) is 4. The summed E-state index contributed by atoms with van der Waals surface area (Å²) in [5, 5.41) is 3.47. The molecule has 6 heteroatoms. The number of primary amides is 1. The Balaban J connectivity index is 1.87. The van der Waals surface area contributed by atoms with Crippen LogP contribution in [0.25, 0.3) is 0 Å². The van der Waals surface area contributed by atoms with E-state index in [9.17, 15) is 9.59 Å². The number of ether oxygens (including phenoxy) is 1. The lowest BCUT2D eigenvalue weighted by Gasteiger charge is -2.36. The van der Waals surface area contributed by atoms with Crippen molar-refractivity contribution < 1.29 is 14.3 Å². The number of thiophene rings is 1. The summed E-state index contributed by atoms with van der Waals surface area (Å²) in [6.07, 6.45) is 3.91. The van der Waals surface area contributed by atoms with Crippen molar-refractivity contribution in [3.8, 4) is 5.75 Å². The number of rotatable bonds is 6. The molecule has 2 amide bonds. The van der Waals surface area contributed by atoms with E-state index in [-0.39, 0.29) is 11.3 Å². The van der Waals surface area contributed by atoms with Gasteiger partial charge in [-0.25, -0.2) is 0 Å². The third kappa shape index (κ3) is 3.92.